The molecule has 1 saturated heterocycles. The number of methoxy groups -OCH3 is 1. The van der Waals surface area contributed by atoms with Crippen molar-refractivity contribution in [2.75, 3.05) is 33.4 Å². The fourth-order valence-electron chi connectivity index (χ4n) is 3.38. The molecule has 1 atom stereocenters. The SMILES string of the molecule is COCCN(Cc1cccnc1)C(=O)c1ccc([C@H]2CCCNC2)cc1. The van der Waals surface area contributed by atoms with Crippen molar-refractivity contribution < 1.29 is 9.53 Å². The Morgan fingerprint density at radius 2 is 2.15 bits per heavy atom. The first-order chi connectivity index (χ1) is 12.8. The summed E-state index contributed by atoms with van der Waals surface area (Å²) in [5.74, 6) is 0.576. The van der Waals surface area contributed by atoms with Gasteiger partial charge in [-0.3, -0.25) is 9.78 Å². The minimum atomic E-state index is 0.0271. The average Bonchev–Trinajstić information content (AvgIpc) is 2.72. The van der Waals surface area contributed by atoms with Gasteiger partial charge in [0, 0.05) is 44.7 Å². The summed E-state index contributed by atoms with van der Waals surface area (Å²) < 4.78 is 5.18. The standard InChI is InChI=1S/C21H27N3O2/c1-26-13-12-24(16-17-4-2-10-22-14-17)21(25)19-8-6-18(7-9-19)20-5-3-11-23-15-20/h2,4,6-10,14,20,23H,3,5,11-13,15-16H2,1H3/t20-/m0/s1. The Morgan fingerprint density at radius 3 is 2.81 bits per heavy atom. The molecule has 138 valence electrons. The number of ether oxygens (including phenoxy) is 1. The molecule has 3 rings (SSSR count). The Morgan fingerprint density at radius 1 is 1.31 bits per heavy atom. The minimum Gasteiger partial charge on any atom is -0.383 e. The number of carbonyl (C=O) groups excluding carboxylic acids is 1. The van der Waals surface area contributed by atoms with E-state index in [2.05, 4.69) is 22.4 Å². The maximum atomic E-state index is 13.0. The van der Waals surface area contributed by atoms with Crippen molar-refractivity contribution in [1.82, 2.24) is 15.2 Å². The summed E-state index contributed by atoms with van der Waals surface area (Å²) in [5, 5.41) is 3.44. The third-order valence-corrected chi connectivity index (χ3v) is 4.87. The molecule has 5 heteroatoms. The minimum absolute atomic E-state index is 0.0271. The molecule has 0 spiro atoms. The van der Waals surface area contributed by atoms with Gasteiger partial charge in [-0.1, -0.05) is 18.2 Å². The van der Waals surface area contributed by atoms with Gasteiger partial charge < -0.3 is 15.0 Å². The van der Waals surface area contributed by atoms with Crippen LogP contribution >= 0.6 is 0 Å². The van der Waals surface area contributed by atoms with Gasteiger partial charge in [-0.05, 0) is 54.6 Å². The second kappa shape index (κ2) is 9.46. The summed E-state index contributed by atoms with van der Waals surface area (Å²) in [7, 11) is 1.65. The Labute approximate surface area is 155 Å². The van der Waals surface area contributed by atoms with Crippen LogP contribution in [0.1, 0.15) is 40.2 Å². The highest BCUT2D eigenvalue weighted by Gasteiger charge is 2.18. The molecule has 0 aliphatic carbocycles. The van der Waals surface area contributed by atoms with Gasteiger partial charge in [0.05, 0.1) is 6.61 Å². The lowest BCUT2D eigenvalue weighted by molar-refractivity contribution is 0.0680. The predicted molar refractivity (Wildman–Crippen MR) is 102 cm³/mol. The molecule has 0 unspecified atom stereocenters. The molecule has 1 aromatic heterocycles. The van der Waals surface area contributed by atoms with Gasteiger partial charge in [-0.15, -0.1) is 0 Å². The van der Waals surface area contributed by atoms with Gasteiger partial charge in [-0.2, -0.15) is 0 Å². The molecule has 0 saturated carbocycles. The fourth-order valence-corrected chi connectivity index (χ4v) is 3.38. The molecule has 0 radical (unpaired) electrons. The molecular weight excluding hydrogens is 326 g/mol. The van der Waals surface area contributed by atoms with Crippen molar-refractivity contribution in [2.45, 2.75) is 25.3 Å². The number of benzene rings is 1. The van der Waals surface area contributed by atoms with Gasteiger partial charge in [0.15, 0.2) is 0 Å². The van der Waals surface area contributed by atoms with Gasteiger partial charge in [0.1, 0.15) is 0 Å². The van der Waals surface area contributed by atoms with Crippen LogP contribution in [-0.2, 0) is 11.3 Å². The van der Waals surface area contributed by atoms with E-state index in [1.165, 1.54) is 18.4 Å². The lowest BCUT2D eigenvalue weighted by Gasteiger charge is -2.24. The molecule has 1 aromatic carbocycles. The maximum Gasteiger partial charge on any atom is 0.254 e. The molecule has 1 amide bonds. The molecule has 1 N–H and O–H groups in total. The molecule has 2 heterocycles. The fraction of sp³-hybridized carbons (Fsp3) is 0.429. The van der Waals surface area contributed by atoms with E-state index in [-0.39, 0.29) is 5.91 Å². The Kier molecular flexibility index (Phi) is 6.75. The van der Waals surface area contributed by atoms with E-state index in [1.807, 2.05) is 29.2 Å². The van der Waals surface area contributed by atoms with Crippen molar-refractivity contribution in [3.8, 4) is 0 Å². The summed E-state index contributed by atoms with van der Waals surface area (Å²) in [4.78, 5) is 18.9. The summed E-state index contributed by atoms with van der Waals surface area (Å²) in [5.41, 5.74) is 3.05. The number of pyridine rings is 1. The van der Waals surface area contributed by atoms with Crippen molar-refractivity contribution in [3.05, 3.63) is 65.5 Å². The number of carbonyl (C=O) groups is 1. The van der Waals surface area contributed by atoms with Crippen LogP contribution in [-0.4, -0.2) is 49.1 Å². The molecule has 1 aliphatic rings. The number of nitrogens with one attached hydrogen (secondary N) is 1. The lowest BCUT2D eigenvalue weighted by atomic mass is 9.91. The van der Waals surface area contributed by atoms with Crippen LogP contribution in [0.5, 0.6) is 0 Å². The highest BCUT2D eigenvalue weighted by Crippen LogP contribution is 2.23. The zero-order chi connectivity index (χ0) is 18.2. The van der Waals surface area contributed by atoms with E-state index in [4.69, 9.17) is 4.74 Å². The highest BCUT2D eigenvalue weighted by atomic mass is 16.5. The summed E-state index contributed by atoms with van der Waals surface area (Å²) >= 11 is 0. The normalized spacial score (nSPS) is 17.0. The monoisotopic (exact) mass is 353 g/mol. The van der Waals surface area contributed by atoms with E-state index in [0.29, 0.717) is 25.6 Å². The topological polar surface area (TPSA) is 54.5 Å². The molecule has 5 nitrogen and oxygen atoms in total. The first-order valence-corrected chi connectivity index (χ1v) is 9.25. The highest BCUT2D eigenvalue weighted by molar-refractivity contribution is 5.94. The number of amides is 1. The van der Waals surface area contributed by atoms with Crippen molar-refractivity contribution in [1.29, 1.82) is 0 Å². The predicted octanol–water partition coefficient (Wildman–Crippen LogP) is 2.84. The van der Waals surface area contributed by atoms with E-state index >= 15 is 0 Å². The lowest BCUT2D eigenvalue weighted by Crippen LogP contribution is -2.33. The smallest absolute Gasteiger partial charge is 0.254 e. The number of rotatable bonds is 7. The molecule has 2 aromatic rings. The first-order valence-electron chi connectivity index (χ1n) is 9.25. The Balaban J connectivity index is 1.70. The van der Waals surface area contributed by atoms with Crippen molar-refractivity contribution >= 4 is 5.91 Å². The average molecular weight is 353 g/mol. The third-order valence-electron chi connectivity index (χ3n) is 4.87. The van der Waals surface area contributed by atoms with E-state index in [9.17, 15) is 4.79 Å². The molecular formula is C21H27N3O2. The van der Waals surface area contributed by atoms with Crippen LogP contribution in [0.4, 0.5) is 0 Å². The van der Waals surface area contributed by atoms with Crippen molar-refractivity contribution in [3.63, 3.8) is 0 Å². The van der Waals surface area contributed by atoms with Crippen LogP contribution in [0.2, 0.25) is 0 Å². The number of aromatic nitrogens is 1. The van der Waals surface area contributed by atoms with E-state index in [1.54, 1.807) is 19.5 Å². The zero-order valence-corrected chi connectivity index (χ0v) is 15.4. The second-order valence-corrected chi connectivity index (χ2v) is 6.75. The van der Waals surface area contributed by atoms with Crippen LogP contribution in [0.3, 0.4) is 0 Å². The number of hydrogen-bond donors (Lipinski definition) is 1. The number of piperidine rings is 1. The third kappa shape index (κ3) is 4.90. The second-order valence-electron chi connectivity index (χ2n) is 6.75. The summed E-state index contributed by atoms with van der Waals surface area (Å²) in [6.07, 6.45) is 5.96. The Hall–Kier alpha value is -2.24. The number of nitrogens with zero attached hydrogens (tertiary/aromatic N) is 2. The molecule has 0 bridgehead atoms. The van der Waals surface area contributed by atoms with Gasteiger partial charge in [0.25, 0.3) is 5.91 Å². The van der Waals surface area contributed by atoms with Gasteiger partial charge in [0.2, 0.25) is 0 Å². The van der Waals surface area contributed by atoms with E-state index in [0.717, 1.165) is 24.2 Å². The molecule has 1 aliphatic heterocycles. The summed E-state index contributed by atoms with van der Waals surface area (Å²) in [6, 6.07) is 12.0. The maximum absolute atomic E-state index is 13.0. The molecule has 1 fully saturated rings. The first kappa shape index (κ1) is 18.5. The van der Waals surface area contributed by atoms with Gasteiger partial charge in [-0.25, -0.2) is 0 Å². The zero-order valence-electron chi connectivity index (χ0n) is 15.4. The molecule has 26 heavy (non-hydrogen) atoms. The van der Waals surface area contributed by atoms with Crippen LogP contribution in [0.25, 0.3) is 0 Å². The largest absolute Gasteiger partial charge is 0.383 e. The van der Waals surface area contributed by atoms with Gasteiger partial charge >= 0.3 is 0 Å². The quantitative estimate of drug-likeness (QED) is 0.832. The van der Waals surface area contributed by atoms with E-state index < -0.39 is 0 Å². The Bertz CT molecular complexity index is 682. The number of hydrogen-bond acceptors (Lipinski definition) is 4. The van der Waals surface area contributed by atoms with Crippen LogP contribution in [0.15, 0.2) is 48.8 Å². The van der Waals surface area contributed by atoms with Crippen LogP contribution < -0.4 is 5.32 Å². The summed E-state index contributed by atoms with van der Waals surface area (Å²) in [6.45, 7) is 3.73. The van der Waals surface area contributed by atoms with Crippen molar-refractivity contribution in [2.24, 2.45) is 0 Å². The van der Waals surface area contributed by atoms with Crippen LogP contribution in [0, 0.1) is 0 Å².